The molecule has 1 N–H and O–H groups in total. The van der Waals surface area contributed by atoms with Crippen molar-refractivity contribution < 1.29 is 54.7 Å². The van der Waals surface area contributed by atoms with E-state index in [4.69, 9.17) is 14.0 Å². The lowest BCUT2D eigenvalue weighted by Crippen LogP contribution is -2.47. The maximum absolute atomic E-state index is 13.1. The summed E-state index contributed by atoms with van der Waals surface area (Å²) in [5, 5.41) is 0. The van der Waals surface area contributed by atoms with Crippen molar-refractivity contribution in [1.82, 2.24) is 0 Å². The van der Waals surface area contributed by atoms with Crippen LogP contribution in [0.2, 0.25) is 0 Å². The number of ether oxygens (including phenoxy) is 3. The molecule has 1 saturated heterocycles. The molecule has 0 aromatic heterocycles. The van der Waals surface area contributed by atoms with Gasteiger partial charge in [0.15, 0.2) is 0 Å². The maximum atomic E-state index is 13.1. The lowest BCUT2D eigenvalue weighted by molar-refractivity contribution is -0.219. The van der Waals surface area contributed by atoms with E-state index in [-0.39, 0.29) is 12.0 Å². The summed E-state index contributed by atoms with van der Waals surface area (Å²) in [5.74, 6) is -8.84. The van der Waals surface area contributed by atoms with Crippen molar-refractivity contribution in [3.63, 3.8) is 0 Å². The van der Waals surface area contributed by atoms with Gasteiger partial charge in [-0.05, 0) is 13.3 Å². The van der Waals surface area contributed by atoms with Gasteiger partial charge in [0, 0.05) is 17.4 Å². The average molecular weight is 442 g/mol. The van der Waals surface area contributed by atoms with E-state index in [0.29, 0.717) is 0 Å². The van der Waals surface area contributed by atoms with Gasteiger partial charge in [-0.15, -0.1) is 0 Å². The van der Waals surface area contributed by atoms with Crippen LogP contribution in [0.5, 0.6) is 0 Å². The third-order valence-electron chi connectivity index (χ3n) is 5.40. The van der Waals surface area contributed by atoms with E-state index >= 15 is 0 Å². The molecule has 29 heavy (non-hydrogen) atoms. The van der Waals surface area contributed by atoms with Crippen molar-refractivity contribution in [2.75, 3.05) is 5.75 Å². The predicted octanol–water partition coefficient (Wildman–Crippen LogP) is 0.644. The minimum Gasteiger partial charge on any atom is -0.458 e. The van der Waals surface area contributed by atoms with Gasteiger partial charge in [0.1, 0.15) is 18.0 Å². The molecule has 1 aliphatic heterocycles. The molecule has 3 aliphatic rings. The fraction of sp³-hybridized carbons (Fsp3) is 0.688. The third-order valence-corrected chi connectivity index (χ3v) is 6.12. The topological polar surface area (TPSA) is 133 Å². The summed E-state index contributed by atoms with van der Waals surface area (Å²) in [6, 6.07) is 0. The molecule has 3 rings (SSSR count). The minimum atomic E-state index is -5.27. The van der Waals surface area contributed by atoms with E-state index in [0.717, 1.165) is 0 Å². The Morgan fingerprint density at radius 1 is 1.34 bits per heavy atom. The van der Waals surface area contributed by atoms with Gasteiger partial charge in [-0.25, -0.2) is 4.79 Å². The number of hydrogen-bond donors (Lipinski definition) is 1. The molecule has 7 atom stereocenters. The van der Waals surface area contributed by atoms with Gasteiger partial charge in [-0.1, -0.05) is 6.58 Å². The summed E-state index contributed by atoms with van der Waals surface area (Å²) in [4.78, 5) is 36.5. The number of hydrogen-bond acceptors (Lipinski definition) is 8. The Morgan fingerprint density at radius 2 is 1.97 bits per heavy atom. The first-order valence-electron chi connectivity index (χ1n) is 8.50. The zero-order chi connectivity index (χ0) is 21.9. The molecule has 7 unspecified atom stereocenters. The molecule has 162 valence electrons. The molecule has 1 heterocycles. The Labute approximate surface area is 162 Å². The second-order valence-corrected chi connectivity index (χ2v) is 8.88. The smallest absolute Gasteiger partial charge is 0.426 e. The van der Waals surface area contributed by atoms with E-state index in [9.17, 15) is 36.0 Å². The second-order valence-electron chi connectivity index (χ2n) is 7.38. The Morgan fingerprint density at radius 3 is 2.48 bits per heavy atom. The maximum Gasteiger partial charge on any atom is 0.426 e. The van der Waals surface area contributed by atoms with Crippen LogP contribution in [0, 0.1) is 23.7 Å². The number of rotatable bonds is 6. The Kier molecular flexibility index (Phi) is 5.18. The molecule has 0 amide bonds. The van der Waals surface area contributed by atoms with Gasteiger partial charge in [0.25, 0.3) is 10.1 Å². The lowest BCUT2D eigenvalue weighted by Gasteiger charge is -2.31. The quantitative estimate of drug-likeness (QED) is 0.272. The van der Waals surface area contributed by atoms with Crippen LogP contribution in [-0.2, 0) is 38.7 Å². The summed E-state index contributed by atoms with van der Waals surface area (Å²) >= 11 is 0. The normalized spacial score (nSPS) is 33.9. The van der Waals surface area contributed by atoms with Crippen molar-refractivity contribution >= 4 is 28.0 Å². The number of halogens is 3. The Balaban J connectivity index is 1.83. The van der Waals surface area contributed by atoms with Gasteiger partial charge in [-0.2, -0.15) is 21.6 Å². The fourth-order valence-electron chi connectivity index (χ4n) is 4.30. The largest absolute Gasteiger partial charge is 0.458 e. The number of carbonyl (C=O) groups is 3. The fourth-order valence-corrected chi connectivity index (χ4v) is 4.94. The van der Waals surface area contributed by atoms with Gasteiger partial charge in [-0.3, -0.25) is 14.1 Å². The van der Waals surface area contributed by atoms with Crippen LogP contribution in [0.25, 0.3) is 0 Å². The average Bonchev–Trinajstić information content (AvgIpc) is 3.15. The van der Waals surface area contributed by atoms with Crippen LogP contribution in [0.1, 0.15) is 13.3 Å². The summed E-state index contributed by atoms with van der Waals surface area (Å²) in [6.45, 7) is 4.78. The van der Waals surface area contributed by atoms with Crippen LogP contribution >= 0.6 is 0 Å². The Hall–Kier alpha value is -2.15. The van der Waals surface area contributed by atoms with Crippen molar-refractivity contribution in [2.45, 2.75) is 37.8 Å². The standard InChI is InChI=1S/C16H17F3O9S/c1-5(2)13(20)27-11-6-3-7-10(15(22)28-12(7)11)9(6)14(21)26-8(16(17,18)19)4-29(23,24)25/h6-12H,1,3-4H2,2H3,(H,23,24,25). The molecule has 2 saturated carbocycles. The summed E-state index contributed by atoms with van der Waals surface area (Å²) in [6.07, 6.45) is -10.1. The molecule has 0 radical (unpaired) electrons. The Bertz CT molecular complexity index is 865. The van der Waals surface area contributed by atoms with Crippen molar-refractivity contribution in [2.24, 2.45) is 23.7 Å². The molecule has 0 aromatic rings. The highest BCUT2D eigenvalue weighted by Gasteiger charge is 2.70. The van der Waals surface area contributed by atoms with E-state index < -0.39 is 81.9 Å². The van der Waals surface area contributed by atoms with E-state index in [1.165, 1.54) is 6.92 Å². The van der Waals surface area contributed by atoms with Gasteiger partial charge < -0.3 is 14.2 Å². The molecule has 2 bridgehead atoms. The highest BCUT2D eigenvalue weighted by atomic mass is 32.2. The highest BCUT2D eigenvalue weighted by molar-refractivity contribution is 7.85. The van der Waals surface area contributed by atoms with Crippen molar-refractivity contribution in [3.05, 3.63) is 12.2 Å². The van der Waals surface area contributed by atoms with Gasteiger partial charge in [0.2, 0.25) is 6.10 Å². The lowest BCUT2D eigenvalue weighted by atomic mass is 9.78. The third kappa shape index (κ3) is 3.97. The number of esters is 3. The van der Waals surface area contributed by atoms with Crippen LogP contribution in [0.4, 0.5) is 13.2 Å². The SMILES string of the molecule is C=C(C)C(=O)OC1C2CC3C1OC(=O)C3C2C(=O)OC(CS(=O)(=O)O)C(F)(F)F. The van der Waals surface area contributed by atoms with Crippen LogP contribution in [0.3, 0.4) is 0 Å². The first-order chi connectivity index (χ1) is 13.2. The molecule has 2 aliphatic carbocycles. The number of carbonyl (C=O) groups excluding carboxylic acids is 3. The monoisotopic (exact) mass is 442 g/mol. The number of fused-ring (bicyclic) bond motifs is 1. The van der Waals surface area contributed by atoms with E-state index in [1.807, 2.05) is 0 Å². The molecule has 0 aromatic carbocycles. The van der Waals surface area contributed by atoms with E-state index in [1.54, 1.807) is 0 Å². The highest BCUT2D eigenvalue weighted by Crippen LogP contribution is 2.59. The summed E-state index contributed by atoms with van der Waals surface area (Å²) in [7, 11) is -5.11. The van der Waals surface area contributed by atoms with Gasteiger partial charge >= 0.3 is 24.1 Å². The predicted molar refractivity (Wildman–Crippen MR) is 85.5 cm³/mol. The van der Waals surface area contributed by atoms with Gasteiger partial charge in [0.05, 0.1) is 11.8 Å². The summed E-state index contributed by atoms with van der Waals surface area (Å²) < 4.78 is 84.4. The molecular formula is C16H17F3O9S. The second kappa shape index (κ2) is 6.97. The molecule has 3 fully saturated rings. The van der Waals surface area contributed by atoms with Crippen LogP contribution < -0.4 is 0 Å². The molecule has 0 spiro atoms. The van der Waals surface area contributed by atoms with E-state index in [2.05, 4.69) is 11.3 Å². The summed E-state index contributed by atoms with van der Waals surface area (Å²) in [5.41, 5.74) is 0.0399. The van der Waals surface area contributed by atoms with Crippen molar-refractivity contribution in [1.29, 1.82) is 0 Å². The molecule has 9 nitrogen and oxygen atoms in total. The number of alkyl halides is 3. The first kappa shape index (κ1) is 21.6. The zero-order valence-corrected chi connectivity index (χ0v) is 15.7. The van der Waals surface area contributed by atoms with Crippen LogP contribution in [-0.4, -0.2) is 61.1 Å². The van der Waals surface area contributed by atoms with Crippen molar-refractivity contribution in [3.8, 4) is 0 Å². The van der Waals surface area contributed by atoms with Crippen LogP contribution in [0.15, 0.2) is 12.2 Å². The molecular weight excluding hydrogens is 425 g/mol. The minimum absolute atomic E-state index is 0.0399. The zero-order valence-electron chi connectivity index (χ0n) is 14.9. The molecule has 13 heteroatoms. The first-order valence-corrected chi connectivity index (χ1v) is 10.1.